The van der Waals surface area contributed by atoms with Crippen LogP contribution in [-0.4, -0.2) is 54.6 Å². The molecule has 0 atom stereocenters. The molecule has 51 heavy (non-hydrogen) atoms. The van der Waals surface area contributed by atoms with E-state index in [9.17, 15) is 32.0 Å². The van der Waals surface area contributed by atoms with E-state index in [-0.39, 0.29) is 87.2 Å². The van der Waals surface area contributed by atoms with Gasteiger partial charge in [-0.1, -0.05) is 23.7 Å². The Labute approximate surface area is 347 Å². The molecule has 5 rings (SSSR count). The number of hydrogen-bond donors (Lipinski definition) is 1. The molecular weight excluding hydrogens is 752 g/mol. The summed E-state index contributed by atoms with van der Waals surface area (Å²) >= 11 is 6.46. The molecule has 14 nitrogen and oxygen atoms in total. The summed E-state index contributed by atoms with van der Waals surface area (Å²) in [5.74, 6) is 0.323. The Hall–Kier alpha value is -2.57. The summed E-state index contributed by atoms with van der Waals surface area (Å²) in [5, 5.41) is 3.95. The van der Waals surface area contributed by atoms with Crippen LogP contribution in [0.25, 0.3) is 22.2 Å². The van der Waals surface area contributed by atoms with Gasteiger partial charge in [0.1, 0.15) is 51.7 Å². The van der Waals surface area contributed by atoms with E-state index in [1.807, 2.05) is 0 Å². The van der Waals surface area contributed by atoms with Crippen LogP contribution in [0.5, 0.6) is 5.75 Å². The summed E-state index contributed by atoms with van der Waals surface area (Å²) in [4.78, 5) is 43.0. The average Bonchev–Trinajstić information content (AvgIpc) is 3.54. The van der Waals surface area contributed by atoms with Crippen molar-refractivity contribution in [2.24, 2.45) is 0 Å². The Morgan fingerprint density at radius 2 is 1.88 bits per heavy atom. The summed E-state index contributed by atoms with van der Waals surface area (Å²) in [6.07, 6.45) is -0.0173. The van der Waals surface area contributed by atoms with Crippen molar-refractivity contribution in [3.63, 3.8) is 0 Å². The van der Waals surface area contributed by atoms with Crippen LogP contribution in [0.2, 0.25) is 5.02 Å². The van der Waals surface area contributed by atoms with Gasteiger partial charge in [0.05, 0.1) is 33.4 Å². The second-order valence-electron chi connectivity index (χ2n) is 10.1. The predicted octanol–water partition coefficient (Wildman–Crippen LogP) is -1.20. The van der Waals surface area contributed by atoms with Crippen molar-refractivity contribution >= 4 is 57.8 Å². The summed E-state index contributed by atoms with van der Waals surface area (Å²) in [5.41, 5.74) is -1.59. The van der Waals surface area contributed by atoms with Crippen molar-refractivity contribution in [2.45, 2.75) is 13.2 Å². The minimum Gasteiger partial charge on any atom is -0.790 e. The van der Waals surface area contributed by atoms with Crippen LogP contribution in [0.4, 0.5) is 20.7 Å². The molecule has 3 aromatic carbocycles. The fourth-order valence-corrected chi connectivity index (χ4v) is 4.90. The molecule has 2 heterocycles. The van der Waals surface area contributed by atoms with E-state index in [0.29, 0.717) is 45.5 Å². The van der Waals surface area contributed by atoms with E-state index in [4.69, 9.17) is 26.2 Å². The number of hydrogen-bond acceptors (Lipinski definition) is 13. The largest absolute Gasteiger partial charge is 1.00 e. The number of furan rings is 1. The number of halogens is 2. The minimum atomic E-state index is -5.62. The third-order valence-corrected chi connectivity index (χ3v) is 7.53. The molecule has 20 heteroatoms. The van der Waals surface area contributed by atoms with Gasteiger partial charge in [-0.25, -0.2) is 27.6 Å². The Balaban J connectivity index is 0.00000406. The smallest absolute Gasteiger partial charge is 0.790 e. The molecule has 0 spiro atoms. The molecule has 0 unspecified atom stereocenters. The number of ether oxygens (including phenoxy) is 2. The summed E-state index contributed by atoms with van der Waals surface area (Å²) in [7, 11) is -10.4. The first kappa shape index (κ1) is 36.8. The molecule has 0 saturated heterocycles. The number of sulfone groups is 1. The van der Waals surface area contributed by atoms with Gasteiger partial charge in [-0.15, -0.1) is 0 Å². The number of anilines is 2. The Morgan fingerprint density at radius 3 is 2.59 bits per heavy atom. The van der Waals surface area contributed by atoms with Crippen LogP contribution in [0.15, 0.2) is 83.5 Å². The number of rotatable bonds is 14. The van der Waals surface area contributed by atoms with Gasteiger partial charge in [-0.3, -0.25) is 4.90 Å². The molecule has 1 amide bonds. The molecule has 0 radical (unpaired) electrons. The monoisotopic (exact) mass is 782 g/mol. The van der Waals surface area contributed by atoms with Crippen molar-refractivity contribution < 1.29 is 115 Å². The number of aromatic nitrogens is 2. The molecule has 0 aliphatic carbocycles. The van der Waals surface area contributed by atoms with E-state index in [1.54, 1.807) is 48.5 Å². The van der Waals surface area contributed by atoms with Crippen LogP contribution in [0, 0.1) is 5.82 Å². The quantitative estimate of drug-likeness (QED) is 0.0803. The predicted molar refractivity (Wildman–Crippen MR) is 173 cm³/mol. The van der Waals surface area contributed by atoms with Crippen LogP contribution in [-0.2, 0) is 36.8 Å². The van der Waals surface area contributed by atoms with Crippen molar-refractivity contribution in [1.29, 1.82) is 0 Å². The second kappa shape index (κ2) is 19.0. The first-order valence-corrected chi connectivity index (χ1v) is 17.6. The van der Waals surface area contributed by atoms with Crippen molar-refractivity contribution in [3.8, 4) is 17.1 Å². The normalized spacial score (nSPS) is 13.0. The molecule has 1 N–H and O–H groups in total. The van der Waals surface area contributed by atoms with Gasteiger partial charge in [-0.05, 0) is 66.2 Å². The molecule has 2 aromatic heterocycles. The first-order chi connectivity index (χ1) is 24.7. The Kier molecular flexibility index (Phi) is 13.7. The summed E-state index contributed by atoms with van der Waals surface area (Å²) in [6.45, 7) is -5.94. The van der Waals surface area contributed by atoms with Crippen LogP contribution in [0.1, 0.15) is 16.8 Å². The van der Waals surface area contributed by atoms with Crippen molar-refractivity contribution in [2.75, 3.05) is 30.6 Å². The third kappa shape index (κ3) is 13.1. The Morgan fingerprint density at radius 1 is 1.10 bits per heavy atom. The molecule has 0 bridgehead atoms. The minimum absolute atomic E-state index is 0. The molecule has 0 fully saturated rings. The summed E-state index contributed by atoms with van der Waals surface area (Å²) in [6, 6.07) is 18.6. The number of phosphoric ester groups is 1. The zero-order valence-corrected chi connectivity index (χ0v) is 33.6. The molecular formula is C31H27ClFN4Na2O10PS. The number of benzene rings is 3. The average molecular weight is 783 g/mol. The number of carbonyl (C=O) groups excluding carboxylic acids is 1. The first-order valence-electron chi connectivity index (χ1n) is 15.8. The molecule has 258 valence electrons. The third-order valence-electron chi connectivity index (χ3n) is 6.35. The van der Waals surface area contributed by atoms with Gasteiger partial charge in [0.15, 0.2) is 6.79 Å². The van der Waals surface area contributed by atoms with Crippen LogP contribution in [0.3, 0.4) is 0 Å². The maximum absolute atomic E-state index is 13.5. The van der Waals surface area contributed by atoms with E-state index in [2.05, 4.69) is 24.5 Å². The number of amides is 1. The molecule has 0 saturated carbocycles. The van der Waals surface area contributed by atoms with Gasteiger partial charge in [0, 0.05) is 32.1 Å². The van der Waals surface area contributed by atoms with E-state index in [0.717, 1.165) is 0 Å². The zero-order valence-electron chi connectivity index (χ0n) is 31.2. The number of nitrogens with one attached hydrogen (secondary N) is 1. The van der Waals surface area contributed by atoms with Crippen LogP contribution >= 0.6 is 19.4 Å². The topological polar surface area (TPSA) is 196 Å². The van der Waals surface area contributed by atoms with Crippen LogP contribution < -0.4 is 79.0 Å². The number of fused-ring (bicyclic) bond motifs is 1. The molecule has 0 aliphatic rings. The van der Waals surface area contributed by atoms with Gasteiger partial charge < -0.3 is 38.1 Å². The Bertz CT molecular complexity index is 2330. The van der Waals surface area contributed by atoms with E-state index >= 15 is 0 Å². The fraction of sp³-hybridized carbons (Fsp3) is 0.194. The number of carbonyl (C=O) groups is 1. The maximum Gasteiger partial charge on any atom is 1.00 e. The van der Waals surface area contributed by atoms with Gasteiger partial charge in [-0.2, -0.15) is 0 Å². The van der Waals surface area contributed by atoms with E-state index in [1.165, 1.54) is 30.6 Å². The maximum atomic E-state index is 13.5. The van der Waals surface area contributed by atoms with Crippen molar-refractivity contribution in [3.05, 3.63) is 101 Å². The SMILES string of the molecule is [2H]C([2H])(N(Cc1ccc(-c2ccc3ncnc(Nc4ccc(OCc5cccc(F)c5)c(Cl)c4)c3c2)o1)C(=O)OCOP(=O)([O-])[O-])C([2H])([2H])S(C)(=O)=O.[Na+].[Na+]. The summed E-state index contributed by atoms with van der Waals surface area (Å²) < 4.78 is 101. The molecule has 5 aromatic rings. The molecule has 0 aliphatic heterocycles. The fourth-order valence-electron chi connectivity index (χ4n) is 4.21. The van der Waals surface area contributed by atoms with Crippen molar-refractivity contribution in [1.82, 2.24) is 14.9 Å². The number of nitrogens with zero attached hydrogens (tertiary/aromatic N) is 3. The standard InChI is InChI=1S/C31H29ClFN4O10PS.2Na/c1-49(42,43)12-11-37(31(38)45-19-46-48(39,40)41)16-24-7-10-28(47-24)21-5-8-27-25(14-21)30(35-18-34-27)36-23-6-9-29(26(32)15-23)44-17-20-3-2-4-22(33)13-20;;/h2-10,13-15,18H,11-12,16-17,19H2,1H3,(H,34,35,36)(H2,39,40,41);;/q;2*+1/p-2/i11D2,12D2;;. The van der Waals surface area contributed by atoms with Gasteiger partial charge in [0.2, 0.25) is 0 Å². The number of phosphoric acid groups is 1. The van der Waals surface area contributed by atoms with Gasteiger partial charge >= 0.3 is 65.2 Å². The second-order valence-corrected chi connectivity index (χ2v) is 13.4. The van der Waals surface area contributed by atoms with Gasteiger partial charge in [0.25, 0.3) is 0 Å². The zero-order chi connectivity index (χ0) is 38.8. The van der Waals surface area contributed by atoms with E-state index < -0.39 is 55.1 Å².